The molecule has 1 unspecified atom stereocenters. The fraction of sp³-hybridized carbons (Fsp3) is 0.400. The third-order valence-electron chi connectivity index (χ3n) is 9.65. The van der Waals surface area contributed by atoms with Crippen molar-refractivity contribution in [3.63, 3.8) is 0 Å². The lowest BCUT2D eigenvalue weighted by atomic mass is 10.0. The molecule has 4 aromatic heterocycles. The molecule has 1 aliphatic carbocycles. The number of imide groups is 1. The molecule has 2 saturated heterocycles. The summed E-state index contributed by atoms with van der Waals surface area (Å²) in [6.07, 6.45) is 8.50. The van der Waals surface area contributed by atoms with Gasteiger partial charge in [-0.25, -0.2) is 23.4 Å². The summed E-state index contributed by atoms with van der Waals surface area (Å²) in [7, 11) is -3.49. The van der Waals surface area contributed by atoms with Crippen LogP contribution in [0.25, 0.3) is 22.3 Å². The van der Waals surface area contributed by atoms with Gasteiger partial charge in [-0.15, -0.1) is 0 Å². The van der Waals surface area contributed by atoms with E-state index in [1.165, 1.54) is 12.4 Å². The van der Waals surface area contributed by atoms with Crippen LogP contribution < -0.4 is 20.9 Å². The van der Waals surface area contributed by atoms with E-state index in [1.54, 1.807) is 12.3 Å². The Labute approximate surface area is 300 Å². The Kier molecular flexibility index (Phi) is 8.82. The molecule has 0 radical (unpaired) electrons. The summed E-state index contributed by atoms with van der Waals surface area (Å²) in [5, 5.41) is 18.8. The first kappa shape index (κ1) is 33.7. The maximum atomic E-state index is 12.6. The van der Waals surface area contributed by atoms with Crippen molar-refractivity contribution in [3.8, 4) is 11.4 Å². The average molecular weight is 725 g/mol. The summed E-state index contributed by atoms with van der Waals surface area (Å²) in [6.45, 7) is 8.16. The summed E-state index contributed by atoms with van der Waals surface area (Å²) in [6, 6.07) is 11.4. The number of carbonyl (C=O) groups excluding carboxylic acids is 2. The highest BCUT2D eigenvalue weighted by atomic mass is 32.2. The zero-order chi connectivity index (χ0) is 36.0. The van der Waals surface area contributed by atoms with Gasteiger partial charge in [0.15, 0.2) is 11.6 Å². The highest BCUT2D eigenvalue weighted by Crippen LogP contribution is 2.32. The molecule has 2 amide bonds. The van der Waals surface area contributed by atoms with Crippen LogP contribution in [0.4, 0.5) is 23.1 Å². The van der Waals surface area contributed by atoms with E-state index in [2.05, 4.69) is 60.7 Å². The van der Waals surface area contributed by atoms with E-state index in [-0.39, 0.29) is 23.1 Å². The van der Waals surface area contributed by atoms with Crippen molar-refractivity contribution in [2.45, 2.75) is 63.4 Å². The number of para-hydroxylation sites is 1. The Morgan fingerprint density at radius 3 is 2.56 bits per heavy atom. The standard InChI is InChI=1S/C35H40N12O4S/c1-22(2)47-29-17-31(40-30-11-12-36-33(41-30)24-18-38-46(21-24)52(50,51)25-7-8-25)37-19-26(29)34(43-47)45-15-13-44(14-16-45)20-23-5-3-4-6-27(23)39-28-9-10-32(48)42-35(28)49/h3-6,11-12,17-19,21-22,25,28,39H,7-10,13-16,20H2,1-2H3,(H,42,48,49)(H,36,37,40,41). The number of aromatic nitrogens is 7. The van der Waals surface area contributed by atoms with Gasteiger partial charge >= 0.3 is 0 Å². The minimum atomic E-state index is -3.49. The number of piperazine rings is 1. The van der Waals surface area contributed by atoms with Gasteiger partial charge in [-0.05, 0) is 50.8 Å². The van der Waals surface area contributed by atoms with Gasteiger partial charge in [0.1, 0.15) is 17.7 Å². The van der Waals surface area contributed by atoms with Crippen LogP contribution in [-0.4, -0.2) is 96.5 Å². The Balaban J connectivity index is 0.950. The summed E-state index contributed by atoms with van der Waals surface area (Å²) < 4.78 is 28.2. The molecule has 270 valence electrons. The number of benzene rings is 1. The van der Waals surface area contributed by atoms with E-state index < -0.39 is 16.1 Å². The lowest BCUT2D eigenvalue weighted by Gasteiger charge is -2.35. The molecule has 5 aromatic rings. The third-order valence-corrected chi connectivity index (χ3v) is 11.7. The topological polar surface area (TPSA) is 185 Å². The summed E-state index contributed by atoms with van der Waals surface area (Å²) in [5.74, 6) is 1.84. The number of anilines is 4. The summed E-state index contributed by atoms with van der Waals surface area (Å²) >= 11 is 0. The normalized spacial score (nSPS) is 18.6. The van der Waals surface area contributed by atoms with Crippen molar-refractivity contribution in [1.29, 1.82) is 0 Å². The van der Waals surface area contributed by atoms with Crippen LogP contribution in [-0.2, 0) is 26.2 Å². The van der Waals surface area contributed by atoms with E-state index in [0.29, 0.717) is 48.7 Å². The molecule has 0 spiro atoms. The monoisotopic (exact) mass is 724 g/mol. The van der Waals surface area contributed by atoms with Crippen LogP contribution in [0.15, 0.2) is 61.2 Å². The second kappa shape index (κ2) is 13.6. The lowest BCUT2D eigenvalue weighted by Crippen LogP contribution is -2.48. The second-order valence-corrected chi connectivity index (χ2v) is 15.8. The van der Waals surface area contributed by atoms with Gasteiger partial charge in [-0.2, -0.15) is 14.3 Å². The van der Waals surface area contributed by atoms with E-state index in [1.807, 2.05) is 35.1 Å². The van der Waals surface area contributed by atoms with E-state index in [0.717, 1.165) is 64.8 Å². The van der Waals surface area contributed by atoms with Gasteiger partial charge in [0.2, 0.25) is 11.8 Å². The van der Waals surface area contributed by atoms with E-state index >= 15 is 0 Å². The SMILES string of the molecule is CC(C)n1nc(N2CCN(Cc3ccccc3NC3CCC(=O)NC3=O)CC2)c2cnc(Nc3ccnc(-c4cnn(S(=O)(=O)C5CC5)c4)n3)cc21. The molecule has 8 rings (SSSR count). The van der Waals surface area contributed by atoms with Crippen LogP contribution in [0, 0.1) is 0 Å². The van der Waals surface area contributed by atoms with Crippen molar-refractivity contribution in [2.24, 2.45) is 0 Å². The number of hydrogen-bond donors (Lipinski definition) is 3. The third kappa shape index (κ3) is 6.80. The smallest absolute Gasteiger partial charge is 0.256 e. The van der Waals surface area contributed by atoms with Crippen molar-refractivity contribution in [1.82, 2.24) is 44.1 Å². The first-order valence-electron chi connectivity index (χ1n) is 17.6. The van der Waals surface area contributed by atoms with Crippen LogP contribution in [0.2, 0.25) is 0 Å². The van der Waals surface area contributed by atoms with Gasteiger partial charge in [-0.1, -0.05) is 18.2 Å². The molecule has 3 fully saturated rings. The predicted octanol–water partition coefficient (Wildman–Crippen LogP) is 3.29. The van der Waals surface area contributed by atoms with Gasteiger partial charge in [0.05, 0.1) is 34.1 Å². The van der Waals surface area contributed by atoms with E-state index in [4.69, 9.17) is 10.1 Å². The number of nitrogens with zero attached hydrogens (tertiary/aromatic N) is 9. The minimum Gasteiger partial charge on any atom is -0.373 e. The molecule has 0 bridgehead atoms. The first-order valence-corrected chi connectivity index (χ1v) is 19.1. The zero-order valence-electron chi connectivity index (χ0n) is 28.9. The van der Waals surface area contributed by atoms with Crippen molar-refractivity contribution in [2.75, 3.05) is 41.7 Å². The quantitative estimate of drug-likeness (QED) is 0.169. The maximum Gasteiger partial charge on any atom is 0.256 e. The number of nitrogens with one attached hydrogen (secondary N) is 3. The van der Waals surface area contributed by atoms with Crippen LogP contribution >= 0.6 is 0 Å². The first-order chi connectivity index (χ1) is 25.1. The molecule has 1 saturated carbocycles. The number of amides is 2. The Bertz CT molecular complexity index is 2260. The minimum absolute atomic E-state index is 0.107. The van der Waals surface area contributed by atoms with Gasteiger partial charge < -0.3 is 15.5 Å². The van der Waals surface area contributed by atoms with Gasteiger partial charge in [-0.3, -0.25) is 24.5 Å². The van der Waals surface area contributed by atoms with Crippen LogP contribution in [0.1, 0.15) is 51.1 Å². The molecular weight excluding hydrogens is 685 g/mol. The van der Waals surface area contributed by atoms with Crippen molar-refractivity contribution >= 4 is 55.9 Å². The molecule has 2 aliphatic heterocycles. The highest BCUT2D eigenvalue weighted by molar-refractivity contribution is 7.90. The largest absolute Gasteiger partial charge is 0.373 e. The van der Waals surface area contributed by atoms with Crippen molar-refractivity contribution in [3.05, 3.63) is 66.7 Å². The molecule has 3 N–H and O–H groups in total. The fourth-order valence-corrected chi connectivity index (χ4v) is 8.14. The fourth-order valence-electron chi connectivity index (χ4n) is 6.67. The number of carbonyl (C=O) groups is 2. The number of hydrogen-bond acceptors (Lipinski definition) is 13. The van der Waals surface area contributed by atoms with Crippen molar-refractivity contribution < 1.29 is 18.0 Å². The molecule has 52 heavy (non-hydrogen) atoms. The predicted molar refractivity (Wildman–Crippen MR) is 196 cm³/mol. The van der Waals surface area contributed by atoms with Gasteiger partial charge in [0.25, 0.3) is 10.0 Å². The van der Waals surface area contributed by atoms with Crippen LogP contribution in [0.3, 0.4) is 0 Å². The number of rotatable bonds is 11. The summed E-state index contributed by atoms with van der Waals surface area (Å²) in [5.41, 5.74) is 3.46. The Morgan fingerprint density at radius 2 is 1.79 bits per heavy atom. The second-order valence-electron chi connectivity index (χ2n) is 13.8. The highest BCUT2D eigenvalue weighted by Gasteiger charge is 2.38. The molecule has 3 aliphatic rings. The lowest BCUT2D eigenvalue weighted by molar-refractivity contribution is -0.133. The van der Waals surface area contributed by atoms with E-state index in [9.17, 15) is 18.0 Å². The molecule has 17 heteroatoms. The Hall–Kier alpha value is -5.42. The van der Waals surface area contributed by atoms with Gasteiger partial charge in [0, 0.05) is 69.3 Å². The maximum absolute atomic E-state index is 12.6. The zero-order valence-corrected chi connectivity index (χ0v) is 29.8. The number of piperidine rings is 1. The Morgan fingerprint density at radius 1 is 0.981 bits per heavy atom. The average Bonchev–Trinajstić information content (AvgIpc) is 3.76. The molecule has 16 nitrogen and oxygen atoms in total. The molecule has 6 heterocycles. The number of fused-ring (bicyclic) bond motifs is 1. The number of pyridine rings is 1. The molecular formula is C35H40N12O4S. The summed E-state index contributed by atoms with van der Waals surface area (Å²) in [4.78, 5) is 42.4. The van der Waals surface area contributed by atoms with Crippen LogP contribution in [0.5, 0.6) is 0 Å². The molecule has 1 aromatic carbocycles. The molecule has 1 atom stereocenters.